The quantitative estimate of drug-likeness (QED) is 0.0563. The number of nitrogens with zero attached hydrogens (tertiary/aromatic N) is 19. The van der Waals surface area contributed by atoms with Gasteiger partial charge in [0, 0.05) is 11.4 Å². The molecule has 1 fully saturated rings. The number of fused-ring (bicyclic) bond motifs is 5. The number of rotatable bonds is 12. The third-order valence-corrected chi connectivity index (χ3v) is 23.9. The fraction of sp³-hybridized carbons (Fsp3) is 0.351. The fourth-order valence-electron chi connectivity index (χ4n) is 19.3. The molecule has 1 amide bonds. The Labute approximate surface area is 726 Å². The maximum absolute atomic E-state index is 13.4. The average Bonchev–Trinajstić information content (AvgIpc) is 1.37. The van der Waals surface area contributed by atoms with Gasteiger partial charge in [0.2, 0.25) is 35.6 Å². The van der Waals surface area contributed by atoms with E-state index in [9.17, 15) is 39.0 Å². The third-order valence-electron chi connectivity index (χ3n) is 23.9. The molecule has 5 atom stereocenters. The summed E-state index contributed by atoms with van der Waals surface area (Å²) in [6.45, 7) is 38.0. The second kappa shape index (κ2) is 34.5. The predicted octanol–water partition coefficient (Wildman–Crippen LogP) is 16.6. The molecule has 11 N–H and O–H groups in total. The highest BCUT2D eigenvalue weighted by Gasteiger charge is 2.57. The molecule has 0 spiro atoms. The van der Waals surface area contributed by atoms with Crippen molar-refractivity contribution >= 4 is 41.3 Å². The highest BCUT2D eigenvalue weighted by atomic mass is 19.4. The van der Waals surface area contributed by atoms with Gasteiger partial charge in [-0.15, -0.1) is 0 Å². The first kappa shape index (κ1) is 89.8. The monoisotopic (exact) mass is 1690 g/mol. The van der Waals surface area contributed by atoms with Gasteiger partial charge >= 0.3 is 6.18 Å². The SMILES string of the molecule is C.CC1=C(C#N)C(c2cc(C)cc(C(F)(F)F)c2)(C(C)C)n2ncnc2N1.CC1=C(C(N)=O)C(c2cc(C)cc(C)c2)(C(C)C)n2ncnc2N1.Cc1cc(C)cc(C2(C(C)C)C(C#N)=C(N)Nc3ncnn32)c1.Cc1cc(C)cc(C2(C(C)C)C(C#N)=C(c3ccccc3)Nc3ncnn32)c1.Cc1cc(C)cc(C2(C3CC3)C(C#N)=C(N)Nc3ncnn32)c1. The van der Waals surface area contributed by atoms with E-state index in [-0.39, 0.29) is 31.1 Å². The number of hydrogen-bond donors (Lipinski definition) is 8. The molecule has 31 heteroatoms. The number of alkyl halides is 3. The summed E-state index contributed by atoms with van der Waals surface area (Å²) in [6, 6.07) is 48.6. The van der Waals surface area contributed by atoms with Gasteiger partial charge in [-0.1, -0.05) is 222 Å². The average molecular weight is 1690 g/mol. The number of nitrogens with two attached hydrogens (primary N) is 3. The number of benzene rings is 6. The number of amides is 1. The molecule has 28 nitrogen and oxygen atoms in total. The summed E-state index contributed by atoms with van der Waals surface area (Å²) in [5.74, 6) is 3.27. The summed E-state index contributed by atoms with van der Waals surface area (Å²) < 4.78 is 49.0. The highest BCUT2D eigenvalue weighted by molar-refractivity contribution is 5.97. The Balaban J connectivity index is 0.000000142. The molecule has 11 aromatic rings. The Morgan fingerprint density at radius 2 is 0.720 bits per heavy atom. The van der Waals surface area contributed by atoms with Crippen LogP contribution in [0.5, 0.6) is 0 Å². The van der Waals surface area contributed by atoms with Gasteiger partial charge < -0.3 is 43.8 Å². The van der Waals surface area contributed by atoms with Gasteiger partial charge in [0.1, 0.15) is 94.3 Å². The summed E-state index contributed by atoms with van der Waals surface area (Å²) in [7, 11) is 0. The Bertz CT molecular complexity index is 6150. The first-order valence-corrected chi connectivity index (χ1v) is 40.9. The second-order valence-corrected chi connectivity index (χ2v) is 33.9. The lowest BCUT2D eigenvalue weighted by Gasteiger charge is -2.43. The summed E-state index contributed by atoms with van der Waals surface area (Å²) >= 11 is 0. The van der Waals surface area contributed by atoms with Gasteiger partial charge in [-0.2, -0.15) is 84.6 Å². The van der Waals surface area contributed by atoms with Crippen LogP contribution in [-0.4, -0.2) is 79.7 Å². The van der Waals surface area contributed by atoms with Gasteiger partial charge in [-0.3, -0.25) is 4.79 Å². The first-order valence-electron chi connectivity index (χ1n) is 40.9. The van der Waals surface area contributed by atoms with Gasteiger partial charge in [0.25, 0.3) is 0 Å². The number of aromatic nitrogens is 15. The minimum absolute atomic E-state index is 0. The molecule has 6 aliphatic rings. The van der Waals surface area contributed by atoms with Crippen molar-refractivity contribution in [3.63, 3.8) is 0 Å². The van der Waals surface area contributed by atoms with Crippen LogP contribution in [0.25, 0.3) is 5.70 Å². The molecule has 5 aliphatic heterocycles. The number of allylic oxidation sites excluding steroid dienone is 6. The van der Waals surface area contributed by atoms with Gasteiger partial charge in [0.15, 0.2) is 0 Å². The Kier molecular flexibility index (Phi) is 24.7. The Morgan fingerprint density at radius 1 is 0.408 bits per heavy atom. The number of nitriles is 4. The molecule has 5 unspecified atom stereocenters. The molecule has 1 aliphatic carbocycles. The predicted molar refractivity (Wildman–Crippen MR) is 475 cm³/mol. The van der Waals surface area contributed by atoms with E-state index < -0.39 is 45.3 Å². The fourth-order valence-corrected chi connectivity index (χ4v) is 19.3. The number of anilines is 5. The van der Waals surface area contributed by atoms with E-state index >= 15 is 0 Å². The van der Waals surface area contributed by atoms with Crippen LogP contribution >= 0.6 is 0 Å². The van der Waals surface area contributed by atoms with Crippen molar-refractivity contribution < 1.29 is 18.0 Å². The van der Waals surface area contributed by atoms with Crippen molar-refractivity contribution in [2.75, 3.05) is 26.6 Å². The van der Waals surface area contributed by atoms with Gasteiger partial charge in [-0.25, -0.2) is 23.4 Å². The van der Waals surface area contributed by atoms with Crippen LogP contribution in [0.1, 0.15) is 179 Å². The van der Waals surface area contributed by atoms with Crippen LogP contribution in [0.3, 0.4) is 0 Å². The molecule has 10 heterocycles. The molecule has 17 rings (SSSR count). The van der Waals surface area contributed by atoms with Crippen LogP contribution in [0.15, 0.2) is 204 Å². The molecular formula is C94H106F3N27O. The van der Waals surface area contributed by atoms with Gasteiger partial charge in [0.05, 0.1) is 40.1 Å². The molecule has 1 saturated carbocycles. The molecule has 6 aromatic carbocycles. The van der Waals surface area contributed by atoms with E-state index in [1.54, 1.807) is 35.6 Å². The normalized spacial score (nSPS) is 20.1. The Hall–Kier alpha value is -14.5. The van der Waals surface area contributed by atoms with E-state index in [0.717, 1.165) is 109 Å². The zero-order chi connectivity index (χ0) is 89.8. The minimum atomic E-state index is -4.48. The molecular weight excluding hydrogens is 1580 g/mol. The van der Waals surface area contributed by atoms with Crippen molar-refractivity contribution in [1.29, 1.82) is 21.0 Å². The summed E-state index contributed by atoms with van der Waals surface area (Å²) in [5.41, 5.74) is 32.9. The summed E-state index contributed by atoms with van der Waals surface area (Å²) in [6.07, 6.45) is 4.97. The van der Waals surface area contributed by atoms with Crippen molar-refractivity contribution in [2.24, 2.45) is 46.8 Å². The number of aryl methyl sites for hydroxylation is 9. The first-order chi connectivity index (χ1) is 58.8. The number of carbonyl (C=O) groups excluding carboxylic acids is 1. The lowest BCUT2D eigenvalue weighted by Crippen LogP contribution is -2.50. The zero-order valence-electron chi connectivity index (χ0n) is 73.0. The highest BCUT2D eigenvalue weighted by Crippen LogP contribution is 2.56. The number of hydrogen-bond acceptors (Lipinski definition) is 22. The van der Waals surface area contributed by atoms with E-state index in [2.05, 4.69) is 243 Å². The van der Waals surface area contributed by atoms with Crippen LogP contribution in [0, 0.1) is 137 Å². The minimum Gasteiger partial charge on any atom is -0.384 e. The molecule has 0 radical (unpaired) electrons. The number of nitrogens with one attached hydrogen (secondary N) is 5. The van der Waals surface area contributed by atoms with Crippen molar-refractivity contribution in [1.82, 2.24) is 73.8 Å². The maximum Gasteiger partial charge on any atom is 0.416 e. The maximum atomic E-state index is 13.4. The lowest BCUT2D eigenvalue weighted by molar-refractivity contribution is -0.137. The lowest BCUT2D eigenvalue weighted by atomic mass is 9.71. The number of halogens is 3. The van der Waals surface area contributed by atoms with Gasteiger partial charge in [-0.05, 0) is 164 Å². The zero-order valence-corrected chi connectivity index (χ0v) is 73.0. The Morgan fingerprint density at radius 3 is 1.10 bits per heavy atom. The number of carbonyl (C=O) groups is 1. The smallest absolute Gasteiger partial charge is 0.384 e. The third kappa shape index (κ3) is 15.2. The van der Waals surface area contributed by atoms with E-state index in [1.807, 2.05) is 88.2 Å². The number of primary amides is 1. The van der Waals surface area contributed by atoms with Crippen LogP contribution in [-0.2, 0) is 38.7 Å². The standard InChI is InChI=1S/C23H23N5.C18H18F3N5.C18H23N5O.C17H18N6.C17H20N6.CH4/c1-15(2)23(19-11-16(3)10-17(4)12-19)20(13-24)21(18-8-6-5-7-9-18)27-22-25-14-26-28(22)23;1-10(2)17(13-5-11(3)6-14(7-13)18(19,20)21)15(8-22)12(4)25-16-23-9-24-26(16)17;1-10(2)18(14-7-11(3)6-12(4)8-14)15(16(19)24)13(5)22-17-20-9-21-23(17)18;1-10-5-11(2)7-13(6-10)17(12-3-4-12)14(8-18)15(19)22-16-20-9-21-23(16)17;1-10(2)17(13-6-11(3)5-12(4)7-13)14(8-18)15(19)22-16-20-9-21-23(16)17;/h5-12,14-15H,1-4H3,(H,25,26,27);5-7,9-10H,1-4H3,(H,23,24,25);6-10H,1-5H3,(H2,19,24)(H,20,21,22);5-7,9,12H,3-4,19H2,1-2H3,(H,20,21,22);5-7,9-10H,19H2,1-4H3,(H,20,21,22);1H4. The largest absolute Gasteiger partial charge is 0.416 e. The van der Waals surface area contributed by atoms with Crippen molar-refractivity contribution in [2.45, 2.75) is 186 Å². The van der Waals surface area contributed by atoms with Crippen LogP contribution in [0.2, 0.25) is 0 Å². The summed E-state index contributed by atoms with van der Waals surface area (Å²) in [4.78, 5) is 33.8. The topological polar surface area (TPSA) is 404 Å². The molecule has 125 heavy (non-hydrogen) atoms. The molecule has 0 saturated heterocycles. The van der Waals surface area contributed by atoms with Crippen molar-refractivity contribution in [3.05, 3.63) is 293 Å². The van der Waals surface area contributed by atoms with Crippen molar-refractivity contribution in [3.8, 4) is 24.3 Å². The van der Waals surface area contributed by atoms with Crippen LogP contribution < -0.4 is 43.8 Å². The molecule has 5 aromatic heterocycles. The van der Waals surface area contributed by atoms with Crippen LogP contribution in [0.4, 0.5) is 42.9 Å². The van der Waals surface area contributed by atoms with E-state index in [0.29, 0.717) is 92.0 Å². The molecule has 644 valence electrons. The van der Waals surface area contributed by atoms with E-state index in [4.69, 9.17) is 17.2 Å². The second-order valence-electron chi connectivity index (χ2n) is 33.9. The summed E-state index contributed by atoms with van der Waals surface area (Å²) in [5, 5.41) is 77.4. The molecule has 0 bridgehead atoms. The van der Waals surface area contributed by atoms with E-state index in [1.165, 1.54) is 30.0 Å².